The summed E-state index contributed by atoms with van der Waals surface area (Å²) in [5.41, 5.74) is 5.39. The predicted molar refractivity (Wildman–Crippen MR) is 121 cm³/mol. The van der Waals surface area contributed by atoms with Crippen LogP contribution in [0.5, 0.6) is 0 Å². The summed E-state index contributed by atoms with van der Waals surface area (Å²) in [6.07, 6.45) is -2.05. The molecule has 4 aromatic heterocycles. The molecule has 178 valence electrons. The van der Waals surface area contributed by atoms with Crippen molar-refractivity contribution in [2.24, 2.45) is 12.8 Å². The summed E-state index contributed by atoms with van der Waals surface area (Å²) in [5.74, 6) is -1.66. The van der Waals surface area contributed by atoms with E-state index in [-0.39, 0.29) is 37.1 Å². The van der Waals surface area contributed by atoms with Gasteiger partial charge >= 0.3 is 6.18 Å². The van der Waals surface area contributed by atoms with E-state index >= 15 is 0 Å². The molecule has 3 N–H and O–H groups in total. The Bertz CT molecular complexity index is 1440. The third-order valence-electron chi connectivity index (χ3n) is 5.22. The minimum absolute atomic E-state index is 0.00663. The first kappa shape index (κ1) is 23.7. The minimum Gasteiger partial charge on any atom is -0.365 e. The van der Waals surface area contributed by atoms with E-state index in [1.165, 1.54) is 24.1 Å². The molecule has 0 aliphatic rings. The Morgan fingerprint density at radius 2 is 1.94 bits per heavy atom. The molecule has 0 saturated heterocycles. The molecule has 0 atom stereocenters. The maximum absolute atomic E-state index is 13.7. The fourth-order valence-corrected chi connectivity index (χ4v) is 4.88. The molecular formula is C20H17ClF3N7O2S. The number of fused-ring (bicyclic) bond motifs is 1. The average molecular weight is 512 g/mol. The Labute approximate surface area is 199 Å². The number of nitrogens with zero attached hydrogens (tertiary/aromatic N) is 5. The second kappa shape index (κ2) is 8.40. The van der Waals surface area contributed by atoms with Crippen LogP contribution < -0.4 is 11.1 Å². The number of thiophene rings is 1. The Morgan fingerprint density at radius 1 is 1.24 bits per heavy atom. The quantitative estimate of drug-likeness (QED) is 0.415. The Balaban J connectivity index is 2.03. The number of rotatable bonds is 5. The minimum atomic E-state index is -4.75. The fourth-order valence-electron chi connectivity index (χ4n) is 3.62. The molecule has 0 aliphatic carbocycles. The molecule has 0 bridgehead atoms. The number of nitrogens with two attached hydrogens (primary N) is 1. The van der Waals surface area contributed by atoms with E-state index in [4.69, 9.17) is 17.3 Å². The maximum Gasteiger partial charge on any atom is 0.433 e. The number of hydrogen-bond donors (Lipinski definition) is 2. The molecule has 2 amide bonds. The van der Waals surface area contributed by atoms with Gasteiger partial charge < -0.3 is 11.1 Å². The zero-order chi connectivity index (χ0) is 24.9. The number of anilines is 1. The van der Waals surface area contributed by atoms with Crippen molar-refractivity contribution in [2.45, 2.75) is 26.6 Å². The number of nitrogens with one attached hydrogen (secondary N) is 1. The monoisotopic (exact) mass is 511 g/mol. The summed E-state index contributed by atoms with van der Waals surface area (Å²) >= 11 is 6.71. The third-order valence-corrected chi connectivity index (χ3v) is 6.59. The molecular weight excluding hydrogens is 495 g/mol. The van der Waals surface area contributed by atoms with E-state index in [0.717, 1.165) is 6.07 Å². The normalized spacial score (nSPS) is 11.9. The molecule has 0 saturated carbocycles. The van der Waals surface area contributed by atoms with E-state index in [2.05, 4.69) is 20.5 Å². The molecule has 4 heterocycles. The van der Waals surface area contributed by atoms with Gasteiger partial charge in [-0.3, -0.25) is 19.0 Å². The highest BCUT2D eigenvalue weighted by Crippen LogP contribution is 2.44. The van der Waals surface area contributed by atoms with Gasteiger partial charge in [-0.1, -0.05) is 11.6 Å². The van der Waals surface area contributed by atoms with Crippen LogP contribution in [0, 0.1) is 6.92 Å². The van der Waals surface area contributed by atoms with Crippen LogP contribution in [0.15, 0.2) is 18.5 Å². The van der Waals surface area contributed by atoms with Gasteiger partial charge in [0.1, 0.15) is 21.1 Å². The summed E-state index contributed by atoms with van der Waals surface area (Å²) in [4.78, 5) is 28.7. The molecule has 0 aliphatic heterocycles. The van der Waals surface area contributed by atoms with Crippen LogP contribution in [0.3, 0.4) is 0 Å². The van der Waals surface area contributed by atoms with Crippen molar-refractivity contribution in [3.8, 4) is 11.1 Å². The molecule has 0 radical (unpaired) electrons. The topological polar surface area (TPSA) is 121 Å². The van der Waals surface area contributed by atoms with Gasteiger partial charge in [0.2, 0.25) is 0 Å². The molecule has 9 nitrogen and oxygen atoms in total. The smallest absolute Gasteiger partial charge is 0.365 e. The lowest BCUT2D eigenvalue weighted by molar-refractivity contribution is -0.140. The zero-order valence-corrected chi connectivity index (χ0v) is 19.6. The van der Waals surface area contributed by atoms with Gasteiger partial charge in [-0.2, -0.15) is 23.4 Å². The van der Waals surface area contributed by atoms with E-state index in [1.807, 2.05) is 6.92 Å². The van der Waals surface area contributed by atoms with Crippen molar-refractivity contribution < 1.29 is 22.8 Å². The number of pyridine rings is 1. The number of aromatic nitrogens is 5. The van der Waals surface area contributed by atoms with Crippen LogP contribution in [-0.2, 0) is 19.8 Å². The van der Waals surface area contributed by atoms with Crippen LogP contribution in [0.2, 0.25) is 5.02 Å². The van der Waals surface area contributed by atoms with Gasteiger partial charge in [0, 0.05) is 30.2 Å². The number of carbonyl (C=O) groups excluding carboxylic acids is 2. The molecule has 14 heteroatoms. The van der Waals surface area contributed by atoms with Crippen molar-refractivity contribution in [3.05, 3.63) is 45.4 Å². The fraction of sp³-hybridized carbons (Fsp3) is 0.250. The molecule has 0 fully saturated rings. The van der Waals surface area contributed by atoms with E-state index in [1.54, 1.807) is 11.6 Å². The number of halogens is 4. The summed E-state index contributed by atoms with van der Waals surface area (Å²) in [5, 5.41) is 10.9. The molecule has 4 rings (SSSR count). The van der Waals surface area contributed by atoms with Gasteiger partial charge in [0.25, 0.3) is 11.8 Å². The van der Waals surface area contributed by atoms with Crippen molar-refractivity contribution in [2.75, 3.05) is 5.32 Å². The highest BCUT2D eigenvalue weighted by Gasteiger charge is 2.35. The lowest BCUT2D eigenvalue weighted by Gasteiger charge is -2.12. The number of aryl methyl sites for hydroxylation is 2. The Kier molecular flexibility index (Phi) is 5.85. The van der Waals surface area contributed by atoms with Crippen molar-refractivity contribution in [1.29, 1.82) is 0 Å². The molecule has 0 spiro atoms. The van der Waals surface area contributed by atoms with Gasteiger partial charge in [-0.05, 0) is 25.5 Å². The Hall–Kier alpha value is -3.45. The van der Waals surface area contributed by atoms with Gasteiger partial charge in [0.05, 0.1) is 23.1 Å². The number of primary amides is 1. The number of alkyl halides is 3. The summed E-state index contributed by atoms with van der Waals surface area (Å²) in [6, 6.07) is 0.872. The highest BCUT2D eigenvalue weighted by atomic mass is 35.5. The van der Waals surface area contributed by atoms with E-state index < -0.39 is 23.7 Å². The summed E-state index contributed by atoms with van der Waals surface area (Å²) < 4.78 is 43.9. The van der Waals surface area contributed by atoms with Crippen LogP contribution in [-0.4, -0.2) is 36.4 Å². The lowest BCUT2D eigenvalue weighted by atomic mass is 10.0. The van der Waals surface area contributed by atoms with Crippen molar-refractivity contribution in [1.82, 2.24) is 24.5 Å². The van der Waals surface area contributed by atoms with Crippen LogP contribution >= 0.6 is 22.9 Å². The zero-order valence-electron chi connectivity index (χ0n) is 18.0. The van der Waals surface area contributed by atoms with Gasteiger partial charge in [-0.25, -0.2) is 4.98 Å². The van der Waals surface area contributed by atoms with E-state index in [9.17, 15) is 22.8 Å². The summed E-state index contributed by atoms with van der Waals surface area (Å²) in [6.45, 7) is 4.04. The lowest BCUT2D eigenvalue weighted by Crippen LogP contribution is -2.19. The maximum atomic E-state index is 13.7. The van der Waals surface area contributed by atoms with Gasteiger partial charge in [-0.15, -0.1) is 11.3 Å². The predicted octanol–water partition coefficient (Wildman–Crippen LogP) is 4.25. The third kappa shape index (κ3) is 3.90. The van der Waals surface area contributed by atoms with Crippen LogP contribution in [0.1, 0.15) is 38.5 Å². The summed E-state index contributed by atoms with van der Waals surface area (Å²) in [7, 11) is 1.49. The first-order valence-corrected chi connectivity index (χ1v) is 11.0. The van der Waals surface area contributed by atoms with Crippen molar-refractivity contribution in [3.63, 3.8) is 0 Å². The largest absolute Gasteiger partial charge is 0.433 e. The SMILES string of the molecule is CCn1ncc(-c2cc(C(F)(F)F)nc3sc(C(N)=O)c(NC(=O)c4c(Cl)cnn4C)c23)c1C. The molecule has 34 heavy (non-hydrogen) atoms. The second-order valence-electron chi connectivity index (χ2n) is 7.28. The number of amides is 2. The van der Waals surface area contributed by atoms with Crippen molar-refractivity contribution >= 4 is 50.7 Å². The molecule has 0 aromatic carbocycles. The van der Waals surface area contributed by atoms with Crippen LogP contribution in [0.4, 0.5) is 18.9 Å². The first-order chi connectivity index (χ1) is 15.9. The van der Waals surface area contributed by atoms with E-state index in [0.29, 0.717) is 29.1 Å². The number of carbonyl (C=O) groups is 2. The standard InChI is InChI=1S/C20H17ClF3N7O2S/c1-4-31-8(2)10(6-27-31)9-5-12(20(22,23)24)28-19-13(9)14(16(34-19)17(25)32)29-18(33)15-11(21)7-26-30(15)3/h5-7H,4H2,1-3H3,(H2,25,32)(H,29,33). The second-order valence-corrected chi connectivity index (χ2v) is 8.69. The first-order valence-electron chi connectivity index (χ1n) is 9.80. The molecule has 0 unspecified atom stereocenters. The highest BCUT2D eigenvalue weighted by molar-refractivity contribution is 7.21. The molecule has 4 aromatic rings. The Morgan fingerprint density at radius 3 is 2.47 bits per heavy atom. The van der Waals surface area contributed by atoms with Gasteiger partial charge in [0.15, 0.2) is 0 Å². The average Bonchev–Trinajstić information content (AvgIpc) is 3.41. The van der Waals surface area contributed by atoms with Crippen LogP contribution in [0.25, 0.3) is 21.3 Å². The number of hydrogen-bond acceptors (Lipinski definition) is 6.